The Labute approximate surface area is 199 Å². The molecule has 2 aromatic carbocycles. The molecule has 2 aromatic rings. The van der Waals surface area contributed by atoms with Crippen molar-refractivity contribution in [3.63, 3.8) is 0 Å². The van der Waals surface area contributed by atoms with Crippen molar-refractivity contribution in [3.8, 4) is 0 Å². The number of hydrogen-bond acceptors (Lipinski definition) is 5. The molecule has 2 amide bonds. The van der Waals surface area contributed by atoms with Gasteiger partial charge < -0.3 is 21.1 Å². The summed E-state index contributed by atoms with van der Waals surface area (Å²) >= 11 is 6.06. The Morgan fingerprint density at radius 3 is 2.55 bits per heavy atom. The van der Waals surface area contributed by atoms with E-state index in [1.165, 1.54) is 0 Å². The lowest BCUT2D eigenvalue weighted by molar-refractivity contribution is 0.0342. The summed E-state index contributed by atoms with van der Waals surface area (Å²) < 4.78 is 5.45. The van der Waals surface area contributed by atoms with Gasteiger partial charge in [0, 0.05) is 53.6 Å². The SMILES string of the molecule is NC1CCCCC1NC(=O)c1ccc(CN2CCOCC2)c(NC(=O)c2cccc(Cl)c2)c1. The number of nitrogens with zero attached hydrogens (tertiary/aromatic N) is 1. The first kappa shape index (κ1) is 23.7. The number of nitrogens with two attached hydrogens (primary N) is 1. The van der Waals surface area contributed by atoms with E-state index in [1.54, 1.807) is 30.3 Å². The van der Waals surface area contributed by atoms with Gasteiger partial charge >= 0.3 is 0 Å². The highest BCUT2D eigenvalue weighted by Crippen LogP contribution is 2.23. The van der Waals surface area contributed by atoms with Gasteiger partial charge in [0.25, 0.3) is 11.8 Å². The molecule has 2 atom stereocenters. The van der Waals surface area contributed by atoms with E-state index >= 15 is 0 Å². The second-order valence-electron chi connectivity index (χ2n) is 8.75. The number of nitrogens with one attached hydrogen (secondary N) is 2. The van der Waals surface area contributed by atoms with Crippen LogP contribution in [0.25, 0.3) is 0 Å². The molecule has 33 heavy (non-hydrogen) atoms. The summed E-state index contributed by atoms with van der Waals surface area (Å²) in [6.45, 7) is 3.68. The van der Waals surface area contributed by atoms with E-state index in [2.05, 4.69) is 15.5 Å². The number of carbonyl (C=O) groups excluding carboxylic acids is 2. The predicted octanol–water partition coefficient (Wildman–Crippen LogP) is 3.42. The van der Waals surface area contributed by atoms with Crippen molar-refractivity contribution in [2.45, 2.75) is 44.3 Å². The highest BCUT2D eigenvalue weighted by Gasteiger charge is 2.24. The van der Waals surface area contributed by atoms with Gasteiger partial charge in [-0.3, -0.25) is 14.5 Å². The van der Waals surface area contributed by atoms with Gasteiger partial charge in [0.1, 0.15) is 0 Å². The van der Waals surface area contributed by atoms with Crippen molar-refractivity contribution in [2.24, 2.45) is 5.73 Å². The fourth-order valence-electron chi connectivity index (χ4n) is 4.39. The summed E-state index contributed by atoms with van der Waals surface area (Å²) in [7, 11) is 0. The largest absolute Gasteiger partial charge is 0.379 e. The van der Waals surface area contributed by atoms with Gasteiger partial charge in [0.05, 0.1) is 13.2 Å². The highest BCUT2D eigenvalue weighted by atomic mass is 35.5. The van der Waals surface area contributed by atoms with Gasteiger partial charge in [0.2, 0.25) is 0 Å². The topological polar surface area (TPSA) is 96.7 Å². The molecular formula is C25H31ClN4O3. The van der Waals surface area contributed by atoms with Gasteiger partial charge in [0.15, 0.2) is 0 Å². The third-order valence-electron chi connectivity index (χ3n) is 6.34. The molecule has 2 aliphatic rings. The molecule has 0 spiro atoms. The quantitative estimate of drug-likeness (QED) is 0.601. The number of halogens is 1. The molecule has 1 heterocycles. The molecule has 2 fully saturated rings. The fourth-order valence-corrected chi connectivity index (χ4v) is 4.58. The van der Waals surface area contributed by atoms with E-state index in [4.69, 9.17) is 22.1 Å². The Morgan fingerprint density at radius 2 is 1.79 bits per heavy atom. The summed E-state index contributed by atoms with van der Waals surface area (Å²) in [6.07, 6.45) is 3.98. The molecule has 0 bridgehead atoms. The average Bonchev–Trinajstić information content (AvgIpc) is 2.82. The lowest BCUT2D eigenvalue weighted by Crippen LogP contribution is -2.49. The Kier molecular flexibility index (Phi) is 7.98. The van der Waals surface area contributed by atoms with Crippen molar-refractivity contribution in [1.82, 2.24) is 10.2 Å². The summed E-state index contributed by atoms with van der Waals surface area (Å²) in [4.78, 5) is 28.2. The zero-order valence-electron chi connectivity index (χ0n) is 18.7. The standard InChI is InChI=1S/C25H31ClN4O3/c26-20-5-3-4-17(14-20)24(31)29-23-15-18(25(32)28-22-7-2-1-6-21(22)27)8-9-19(23)16-30-10-12-33-13-11-30/h3-5,8-9,14-15,21-22H,1-2,6-7,10-13,16,27H2,(H,28,32)(H,29,31). The molecule has 7 nitrogen and oxygen atoms in total. The van der Waals surface area contributed by atoms with Crippen LogP contribution in [0.2, 0.25) is 5.02 Å². The fraction of sp³-hybridized carbons (Fsp3) is 0.440. The highest BCUT2D eigenvalue weighted by molar-refractivity contribution is 6.31. The van der Waals surface area contributed by atoms with E-state index in [-0.39, 0.29) is 23.9 Å². The normalized spacial score (nSPS) is 21.4. The molecule has 2 unspecified atom stereocenters. The molecule has 1 saturated carbocycles. The van der Waals surface area contributed by atoms with Gasteiger partial charge in [-0.1, -0.05) is 36.6 Å². The van der Waals surface area contributed by atoms with Gasteiger partial charge in [-0.25, -0.2) is 0 Å². The van der Waals surface area contributed by atoms with Crippen LogP contribution >= 0.6 is 11.6 Å². The zero-order valence-corrected chi connectivity index (χ0v) is 19.4. The minimum atomic E-state index is -0.271. The second kappa shape index (κ2) is 11.1. The van der Waals surface area contributed by atoms with Crippen molar-refractivity contribution in [1.29, 1.82) is 0 Å². The van der Waals surface area contributed by atoms with Crippen LogP contribution in [0.1, 0.15) is 52.0 Å². The van der Waals surface area contributed by atoms with E-state index in [1.807, 2.05) is 12.1 Å². The number of anilines is 1. The van der Waals surface area contributed by atoms with Crippen LogP contribution in [-0.4, -0.2) is 55.1 Å². The van der Waals surface area contributed by atoms with Crippen LogP contribution in [0.5, 0.6) is 0 Å². The minimum Gasteiger partial charge on any atom is -0.379 e. The molecule has 176 valence electrons. The maximum absolute atomic E-state index is 13.0. The third kappa shape index (κ3) is 6.32. The second-order valence-corrected chi connectivity index (χ2v) is 9.19. The molecule has 1 saturated heterocycles. The third-order valence-corrected chi connectivity index (χ3v) is 6.58. The van der Waals surface area contributed by atoms with Gasteiger partial charge in [-0.05, 0) is 48.7 Å². The predicted molar refractivity (Wildman–Crippen MR) is 130 cm³/mol. The minimum absolute atomic E-state index is 0.0229. The zero-order chi connectivity index (χ0) is 23.2. The van der Waals surface area contributed by atoms with Crippen molar-refractivity contribution < 1.29 is 14.3 Å². The Bertz CT molecular complexity index is 993. The first-order chi connectivity index (χ1) is 16.0. The van der Waals surface area contributed by atoms with Crippen molar-refractivity contribution >= 4 is 29.1 Å². The van der Waals surface area contributed by atoms with Crippen molar-refractivity contribution in [3.05, 3.63) is 64.2 Å². The van der Waals surface area contributed by atoms with Crippen LogP contribution < -0.4 is 16.4 Å². The van der Waals surface area contributed by atoms with Crippen LogP contribution in [0, 0.1) is 0 Å². The molecular weight excluding hydrogens is 440 g/mol. The van der Waals surface area contributed by atoms with E-state index in [9.17, 15) is 9.59 Å². The number of hydrogen-bond donors (Lipinski definition) is 3. The van der Waals surface area contributed by atoms with Crippen LogP contribution in [-0.2, 0) is 11.3 Å². The number of amides is 2. The molecule has 1 aliphatic carbocycles. The van der Waals surface area contributed by atoms with E-state index < -0.39 is 0 Å². The molecule has 1 aliphatic heterocycles. The maximum atomic E-state index is 13.0. The Hall–Kier alpha value is -2.45. The van der Waals surface area contributed by atoms with Crippen LogP contribution in [0.15, 0.2) is 42.5 Å². The maximum Gasteiger partial charge on any atom is 0.255 e. The molecule has 8 heteroatoms. The van der Waals surface area contributed by atoms with E-state index in [0.717, 1.165) is 44.3 Å². The van der Waals surface area contributed by atoms with E-state index in [0.29, 0.717) is 41.6 Å². The number of rotatable bonds is 6. The van der Waals surface area contributed by atoms with Crippen molar-refractivity contribution in [2.75, 3.05) is 31.6 Å². The summed E-state index contributed by atoms with van der Waals surface area (Å²) in [5.41, 5.74) is 8.73. The summed E-state index contributed by atoms with van der Waals surface area (Å²) in [5.74, 6) is -0.443. The molecule has 0 radical (unpaired) electrons. The Morgan fingerprint density at radius 1 is 1.03 bits per heavy atom. The number of morpholine rings is 1. The average molecular weight is 471 g/mol. The number of carbonyl (C=O) groups is 2. The van der Waals surface area contributed by atoms with Crippen LogP contribution in [0.4, 0.5) is 5.69 Å². The summed E-state index contributed by atoms with van der Waals surface area (Å²) in [5, 5.41) is 6.57. The number of benzene rings is 2. The smallest absolute Gasteiger partial charge is 0.255 e. The Balaban J connectivity index is 1.55. The molecule has 0 aromatic heterocycles. The number of ether oxygens (including phenoxy) is 1. The van der Waals surface area contributed by atoms with Crippen LogP contribution in [0.3, 0.4) is 0 Å². The first-order valence-corrected chi connectivity index (χ1v) is 11.9. The lowest BCUT2D eigenvalue weighted by Gasteiger charge is -2.29. The van der Waals surface area contributed by atoms with Gasteiger partial charge in [-0.2, -0.15) is 0 Å². The summed E-state index contributed by atoms with van der Waals surface area (Å²) in [6, 6.07) is 12.2. The van der Waals surface area contributed by atoms with Gasteiger partial charge in [-0.15, -0.1) is 0 Å². The molecule has 4 N–H and O–H groups in total. The molecule has 4 rings (SSSR count). The first-order valence-electron chi connectivity index (χ1n) is 11.6. The lowest BCUT2D eigenvalue weighted by atomic mass is 9.91. The monoisotopic (exact) mass is 470 g/mol.